The highest BCUT2D eigenvalue weighted by Crippen LogP contribution is 2.34. The summed E-state index contributed by atoms with van der Waals surface area (Å²) in [4.78, 5) is 14.3. The Bertz CT molecular complexity index is 586. The third-order valence-electron chi connectivity index (χ3n) is 3.42. The average molecular weight is 320 g/mol. The Kier molecular flexibility index (Phi) is 5.51. The zero-order valence-corrected chi connectivity index (χ0v) is 13.8. The molecule has 0 aliphatic carbocycles. The van der Waals surface area contributed by atoms with Gasteiger partial charge in [-0.1, -0.05) is 30.3 Å². The molecule has 1 aromatic rings. The van der Waals surface area contributed by atoms with Gasteiger partial charge in [0.1, 0.15) is 6.73 Å². The Labute approximate surface area is 135 Å². The van der Waals surface area contributed by atoms with E-state index in [-0.39, 0.29) is 18.7 Å². The summed E-state index contributed by atoms with van der Waals surface area (Å²) in [6.45, 7) is 4.23. The lowest BCUT2D eigenvalue weighted by molar-refractivity contribution is -0.139. The van der Waals surface area contributed by atoms with Gasteiger partial charge in [-0.3, -0.25) is 0 Å². The second-order valence-corrected chi connectivity index (χ2v) is 5.28. The van der Waals surface area contributed by atoms with E-state index in [4.69, 9.17) is 21.7 Å². The molecule has 0 spiro atoms. The molecular weight excluding hydrogens is 300 g/mol. The molecule has 1 heterocycles. The maximum Gasteiger partial charge on any atom is 0.338 e. The van der Waals surface area contributed by atoms with Gasteiger partial charge in [-0.25, -0.2) is 4.79 Å². The molecule has 22 heavy (non-hydrogen) atoms. The molecule has 0 amide bonds. The number of thiocarbonyl (C=S) groups is 1. The number of ether oxygens (including phenoxy) is 2. The summed E-state index contributed by atoms with van der Waals surface area (Å²) in [5.41, 5.74) is 2.23. The molecule has 0 radical (unpaired) electrons. The summed E-state index contributed by atoms with van der Waals surface area (Å²) in [6.07, 6.45) is 0. The van der Waals surface area contributed by atoms with E-state index in [2.05, 4.69) is 5.32 Å². The molecule has 6 heteroatoms. The van der Waals surface area contributed by atoms with E-state index in [9.17, 15) is 4.79 Å². The molecule has 1 N–H and O–H groups in total. The average Bonchev–Trinajstić information content (AvgIpc) is 2.50. The molecule has 1 atom stereocenters. The number of carbonyl (C=O) groups excluding carboxylic acids is 1. The number of hydrogen-bond acceptors (Lipinski definition) is 4. The summed E-state index contributed by atoms with van der Waals surface area (Å²) >= 11 is 5.40. The van der Waals surface area contributed by atoms with Crippen LogP contribution in [0.15, 0.2) is 41.6 Å². The molecule has 0 fully saturated rings. The number of hydrogen-bond donors (Lipinski definition) is 1. The van der Waals surface area contributed by atoms with Crippen molar-refractivity contribution in [2.75, 3.05) is 20.4 Å². The highest BCUT2D eigenvalue weighted by atomic mass is 32.1. The van der Waals surface area contributed by atoms with Gasteiger partial charge in [0.15, 0.2) is 5.11 Å². The van der Waals surface area contributed by atoms with Crippen LogP contribution in [0.4, 0.5) is 0 Å². The van der Waals surface area contributed by atoms with Crippen molar-refractivity contribution in [3.05, 3.63) is 47.2 Å². The van der Waals surface area contributed by atoms with Crippen LogP contribution in [0.3, 0.4) is 0 Å². The van der Waals surface area contributed by atoms with E-state index in [0.29, 0.717) is 23.0 Å². The van der Waals surface area contributed by atoms with Crippen molar-refractivity contribution in [1.29, 1.82) is 0 Å². The Morgan fingerprint density at radius 2 is 2.05 bits per heavy atom. The van der Waals surface area contributed by atoms with E-state index in [0.717, 1.165) is 5.56 Å². The molecule has 5 nitrogen and oxygen atoms in total. The first-order valence-corrected chi connectivity index (χ1v) is 7.50. The van der Waals surface area contributed by atoms with Gasteiger partial charge in [-0.15, -0.1) is 0 Å². The second kappa shape index (κ2) is 7.38. The molecule has 2 rings (SSSR count). The van der Waals surface area contributed by atoms with Crippen molar-refractivity contribution in [3.63, 3.8) is 0 Å². The number of allylic oxidation sites excluding steroid dienone is 1. The minimum absolute atomic E-state index is 0.279. The van der Waals surface area contributed by atoms with Crippen LogP contribution < -0.4 is 5.32 Å². The quantitative estimate of drug-likeness (QED) is 0.664. The molecule has 0 saturated carbocycles. The largest absolute Gasteiger partial charge is 0.463 e. The van der Waals surface area contributed by atoms with Gasteiger partial charge < -0.3 is 19.7 Å². The van der Waals surface area contributed by atoms with Crippen molar-refractivity contribution in [1.82, 2.24) is 10.2 Å². The standard InChI is InChI=1S/C16H20N2O3S/c1-4-21-15(19)13-11(2)17-16(22)18(10-20-3)14(13)12-8-6-5-7-9-12/h5-9,14H,4,10H2,1-3H3,(H,17,22). The van der Waals surface area contributed by atoms with Crippen molar-refractivity contribution in [2.24, 2.45) is 0 Å². The molecule has 0 saturated heterocycles. The minimum Gasteiger partial charge on any atom is -0.463 e. The van der Waals surface area contributed by atoms with Crippen LogP contribution >= 0.6 is 12.2 Å². The van der Waals surface area contributed by atoms with Gasteiger partial charge in [0.2, 0.25) is 0 Å². The summed E-state index contributed by atoms with van der Waals surface area (Å²) < 4.78 is 10.5. The van der Waals surface area contributed by atoms with Crippen LogP contribution in [0.5, 0.6) is 0 Å². The zero-order chi connectivity index (χ0) is 16.1. The number of methoxy groups -OCH3 is 1. The maximum absolute atomic E-state index is 12.4. The Morgan fingerprint density at radius 1 is 1.36 bits per heavy atom. The molecular formula is C16H20N2O3S. The van der Waals surface area contributed by atoms with E-state index in [1.165, 1.54) is 0 Å². The SMILES string of the molecule is CCOC(=O)C1=C(C)NC(=S)N(COC)C1c1ccccc1. The van der Waals surface area contributed by atoms with Crippen molar-refractivity contribution >= 4 is 23.3 Å². The molecule has 1 unspecified atom stereocenters. The number of rotatable bonds is 5. The molecule has 0 bridgehead atoms. The molecule has 1 aromatic carbocycles. The predicted molar refractivity (Wildman–Crippen MR) is 88.0 cm³/mol. The van der Waals surface area contributed by atoms with E-state index in [1.807, 2.05) is 42.2 Å². The zero-order valence-electron chi connectivity index (χ0n) is 13.0. The lowest BCUT2D eigenvalue weighted by Gasteiger charge is -2.39. The third kappa shape index (κ3) is 3.28. The van der Waals surface area contributed by atoms with Gasteiger partial charge >= 0.3 is 5.97 Å². The van der Waals surface area contributed by atoms with E-state index in [1.54, 1.807) is 14.0 Å². The first-order valence-electron chi connectivity index (χ1n) is 7.09. The van der Waals surface area contributed by atoms with Crippen LogP contribution in [-0.4, -0.2) is 36.4 Å². The molecule has 1 aliphatic rings. The second-order valence-electron chi connectivity index (χ2n) is 4.89. The van der Waals surface area contributed by atoms with Crippen molar-refractivity contribution in [3.8, 4) is 0 Å². The van der Waals surface area contributed by atoms with Gasteiger partial charge in [0.05, 0.1) is 18.2 Å². The van der Waals surface area contributed by atoms with Gasteiger partial charge in [-0.2, -0.15) is 0 Å². The molecule has 118 valence electrons. The van der Waals surface area contributed by atoms with Gasteiger partial charge in [0, 0.05) is 12.8 Å². The maximum atomic E-state index is 12.4. The normalized spacial score (nSPS) is 18.2. The van der Waals surface area contributed by atoms with Crippen LogP contribution in [0, 0.1) is 0 Å². The molecule has 0 aromatic heterocycles. The van der Waals surface area contributed by atoms with Crippen LogP contribution in [-0.2, 0) is 14.3 Å². The Morgan fingerprint density at radius 3 is 2.64 bits per heavy atom. The lowest BCUT2D eigenvalue weighted by atomic mass is 9.94. The highest BCUT2D eigenvalue weighted by Gasteiger charge is 2.36. The predicted octanol–water partition coefficient (Wildman–Crippen LogP) is 2.36. The number of nitrogens with one attached hydrogen (secondary N) is 1. The Hall–Kier alpha value is -1.92. The molecule has 1 aliphatic heterocycles. The fourth-order valence-corrected chi connectivity index (χ4v) is 2.82. The van der Waals surface area contributed by atoms with Crippen LogP contribution in [0.1, 0.15) is 25.5 Å². The fourth-order valence-electron chi connectivity index (χ4n) is 2.51. The lowest BCUT2D eigenvalue weighted by Crippen LogP contribution is -2.49. The number of carbonyl (C=O) groups is 1. The monoisotopic (exact) mass is 320 g/mol. The van der Waals surface area contributed by atoms with Crippen LogP contribution in [0.25, 0.3) is 0 Å². The Balaban J connectivity index is 2.52. The first-order chi connectivity index (χ1) is 10.6. The fraction of sp³-hybridized carbons (Fsp3) is 0.375. The summed E-state index contributed by atoms with van der Waals surface area (Å²) in [6, 6.07) is 9.41. The minimum atomic E-state index is -0.343. The van der Waals surface area contributed by atoms with Gasteiger partial charge in [-0.05, 0) is 31.6 Å². The van der Waals surface area contributed by atoms with Crippen LogP contribution in [0.2, 0.25) is 0 Å². The first kappa shape index (κ1) is 16.5. The number of nitrogens with zero attached hydrogens (tertiary/aromatic N) is 1. The topological polar surface area (TPSA) is 50.8 Å². The summed E-state index contributed by atoms with van der Waals surface area (Å²) in [5, 5.41) is 3.59. The summed E-state index contributed by atoms with van der Waals surface area (Å²) in [5.74, 6) is -0.343. The number of benzene rings is 1. The van der Waals surface area contributed by atoms with Gasteiger partial charge in [0.25, 0.3) is 0 Å². The summed E-state index contributed by atoms with van der Waals surface area (Å²) in [7, 11) is 1.60. The van der Waals surface area contributed by atoms with Crippen molar-refractivity contribution < 1.29 is 14.3 Å². The smallest absolute Gasteiger partial charge is 0.338 e. The van der Waals surface area contributed by atoms with Crippen molar-refractivity contribution in [2.45, 2.75) is 19.9 Å². The highest BCUT2D eigenvalue weighted by molar-refractivity contribution is 7.80. The number of esters is 1. The van der Waals surface area contributed by atoms with E-state index >= 15 is 0 Å². The van der Waals surface area contributed by atoms with E-state index < -0.39 is 0 Å². The third-order valence-corrected chi connectivity index (χ3v) is 3.76.